The Morgan fingerprint density at radius 1 is 1.33 bits per heavy atom. The number of carbonyl (C=O) groups excluding carboxylic acids is 1. The van der Waals surface area contributed by atoms with Crippen LogP contribution < -0.4 is 5.73 Å². The van der Waals surface area contributed by atoms with Crippen molar-refractivity contribution < 1.29 is 4.79 Å². The number of amides is 1. The Balaban J connectivity index is 2.38. The third-order valence-electron chi connectivity index (χ3n) is 3.31. The third-order valence-corrected chi connectivity index (χ3v) is 3.31. The molecule has 1 aliphatic heterocycles. The van der Waals surface area contributed by atoms with Gasteiger partial charge < -0.3 is 10.6 Å². The summed E-state index contributed by atoms with van der Waals surface area (Å²) in [7, 11) is 1.85. The fourth-order valence-corrected chi connectivity index (χ4v) is 2.14. The van der Waals surface area contributed by atoms with E-state index < -0.39 is 0 Å². The van der Waals surface area contributed by atoms with Crippen LogP contribution in [0, 0.1) is 0 Å². The fourth-order valence-electron chi connectivity index (χ4n) is 2.14. The van der Waals surface area contributed by atoms with E-state index in [1.807, 2.05) is 38.2 Å². The molecule has 1 fully saturated rings. The van der Waals surface area contributed by atoms with E-state index in [0.29, 0.717) is 0 Å². The standard InChI is InChI=1S/C12H16N2O/c1-12(7-8-14(2)11(12)15)9-3-5-10(13)6-4-9/h3-6H,7-8,13H2,1-2H3/t12-/m0/s1. The van der Waals surface area contributed by atoms with Crippen molar-refractivity contribution in [1.29, 1.82) is 0 Å². The van der Waals surface area contributed by atoms with Crippen molar-refractivity contribution >= 4 is 11.6 Å². The zero-order valence-corrected chi connectivity index (χ0v) is 9.16. The summed E-state index contributed by atoms with van der Waals surface area (Å²) in [5.74, 6) is 0.201. The van der Waals surface area contributed by atoms with Crippen LogP contribution in [-0.2, 0) is 10.2 Å². The number of carbonyl (C=O) groups is 1. The zero-order valence-electron chi connectivity index (χ0n) is 9.16. The van der Waals surface area contributed by atoms with Crippen LogP contribution in [0.15, 0.2) is 24.3 Å². The summed E-state index contributed by atoms with van der Waals surface area (Å²) in [6.45, 7) is 2.84. The van der Waals surface area contributed by atoms with E-state index in [9.17, 15) is 4.79 Å². The molecule has 0 aliphatic carbocycles. The molecule has 1 aromatic rings. The number of likely N-dealkylation sites (N-methyl/N-ethyl adjacent to an activating group) is 1. The smallest absolute Gasteiger partial charge is 0.232 e. The molecule has 1 saturated heterocycles. The first-order valence-corrected chi connectivity index (χ1v) is 5.15. The topological polar surface area (TPSA) is 46.3 Å². The largest absolute Gasteiger partial charge is 0.399 e. The van der Waals surface area contributed by atoms with Crippen molar-refractivity contribution in [2.75, 3.05) is 19.3 Å². The minimum atomic E-state index is -0.359. The van der Waals surface area contributed by atoms with Crippen molar-refractivity contribution in [3.63, 3.8) is 0 Å². The Morgan fingerprint density at radius 2 is 1.93 bits per heavy atom. The molecule has 3 heteroatoms. The first-order valence-electron chi connectivity index (χ1n) is 5.15. The monoisotopic (exact) mass is 204 g/mol. The summed E-state index contributed by atoms with van der Waals surface area (Å²) in [5, 5.41) is 0. The van der Waals surface area contributed by atoms with Crippen LogP contribution in [-0.4, -0.2) is 24.4 Å². The van der Waals surface area contributed by atoms with Gasteiger partial charge in [0.15, 0.2) is 0 Å². The average molecular weight is 204 g/mol. The van der Waals surface area contributed by atoms with E-state index in [4.69, 9.17) is 5.73 Å². The van der Waals surface area contributed by atoms with E-state index in [1.165, 1.54) is 0 Å². The minimum Gasteiger partial charge on any atom is -0.399 e. The van der Waals surface area contributed by atoms with Crippen LogP contribution in [0.2, 0.25) is 0 Å². The van der Waals surface area contributed by atoms with Gasteiger partial charge in [-0.2, -0.15) is 0 Å². The Labute approximate surface area is 89.9 Å². The molecule has 0 radical (unpaired) electrons. The normalized spacial score (nSPS) is 26.0. The van der Waals surface area contributed by atoms with E-state index in [0.717, 1.165) is 24.2 Å². The lowest BCUT2D eigenvalue weighted by atomic mass is 9.81. The number of nitrogens with zero attached hydrogens (tertiary/aromatic N) is 1. The van der Waals surface area contributed by atoms with Crippen LogP contribution in [0.4, 0.5) is 5.69 Å². The number of rotatable bonds is 1. The van der Waals surface area contributed by atoms with Crippen molar-refractivity contribution in [3.8, 4) is 0 Å². The quantitative estimate of drug-likeness (QED) is 0.703. The molecule has 1 aromatic carbocycles. The summed E-state index contributed by atoms with van der Waals surface area (Å²) in [5.41, 5.74) is 7.07. The van der Waals surface area contributed by atoms with E-state index in [-0.39, 0.29) is 11.3 Å². The molecule has 1 atom stereocenters. The molecule has 15 heavy (non-hydrogen) atoms. The highest BCUT2D eigenvalue weighted by atomic mass is 16.2. The Bertz CT molecular complexity index is 385. The first-order chi connectivity index (χ1) is 7.04. The Morgan fingerprint density at radius 3 is 2.40 bits per heavy atom. The molecule has 0 spiro atoms. The predicted octanol–water partition coefficient (Wildman–Crippen LogP) is 1.39. The molecule has 0 aromatic heterocycles. The number of nitrogen functional groups attached to an aromatic ring is 1. The molecule has 1 amide bonds. The van der Waals surface area contributed by atoms with Gasteiger partial charge in [0.05, 0.1) is 5.41 Å². The molecule has 0 bridgehead atoms. The molecule has 0 saturated carbocycles. The van der Waals surface area contributed by atoms with Crippen LogP contribution in [0.1, 0.15) is 18.9 Å². The molecular weight excluding hydrogens is 188 g/mol. The van der Waals surface area contributed by atoms with Gasteiger partial charge >= 0.3 is 0 Å². The van der Waals surface area contributed by atoms with Gasteiger partial charge in [-0.15, -0.1) is 0 Å². The van der Waals surface area contributed by atoms with E-state index in [1.54, 1.807) is 4.90 Å². The highest BCUT2D eigenvalue weighted by Crippen LogP contribution is 2.34. The number of likely N-dealkylation sites (tertiary alicyclic amines) is 1. The molecule has 3 nitrogen and oxygen atoms in total. The van der Waals surface area contributed by atoms with Gasteiger partial charge in [0.25, 0.3) is 0 Å². The van der Waals surface area contributed by atoms with Crippen LogP contribution in [0.25, 0.3) is 0 Å². The second-order valence-electron chi connectivity index (χ2n) is 4.43. The molecule has 1 aliphatic rings. The molecule has 2 N–H and O–H groups in total. The third kappa shape index (κ3) is 1.48. The average Bonchev–Trinajstić information content (AvgIpc) is 2.48. The summed E-state index contributed by atoms with van der Waals surface area (Å²) in [6, 6.07) is 7.61. The maximum Gasteiger partial charge on any atom is 0.232 e. The van der Waals surface area contributed by atoms with Crippen LogP contribution in [0.5, 0.6) is 0 Å². The van der Waals surface area contributed by atoms with Gasteiger partial charge in [0.1, 0.15) is 0 Å². The lowest BCUT2D eigenvalue weighted by Gasteiger charge is -2.22. The Kier molecular flexibility index (Phi) is 2.18. The predicted molar refractivity (Wildman–Crippen MR) is 60.5 cm³/mol. The molecular formula is C12H16N2O. The van der Waals surface area contributed by atoms with Crippen LogP contribution >= 0.6 is 0 Å². The molecule has 0 unspecified atom stereocenters. The summed E-state index contributed by atoms with van der Waals surface area (Å²) >= 11 is 0. The maximum atomic E-state index is 12.0. The number of benzene rings is 1. The highest BCUT2D eigenvalue weighted by Gasteiger charge is 2.42. The number of anilines is 1. The fraction of sp³-hybridized carbons (Fsp3) is 0.417. The van der Waals surface area contributed by atoms with Gasteiger partial charge in [0.2, 0.25) is 5.91 Å². The number of nitrogens with two attached hydrogens (primary N) is 1. The van der Waals surface area contributed by atoms with Gasteiger partial charge in [-0.25, -0.2) is 0 Å². The number of hydrogen-bond acceptors (Lipinski definition) is 2. The van der Waals surface area contributed by atoms with E-state index in [2.05, 4.69) is 0 Å². The summed E-state index contributed by atoms with van der Waals surface area (Å²) < 4.78 is 0. The van der Waals surface area contributed by atoms with Crippen molar-refractivity contribution in [2.45, 2.75) is 18.8 Å². The van der Waals surface area contributed by atoms with Gasteiger partial charge in [-0.05, 0) is 31.0 Å². The lowest BCUT2D eigenvalue weighted by Crippen LogP contribution is -2.33. The zero-order chi connectivity index (χ0) is 11.1. The van der Waals surface area contributed by atoms with Crippen molar-refractivity contribution in [3.05, 3.63) is 29.8 Å². The van der Waals surface area contributed by atoms with Crippen molar-refractivity contribution in [1.82, 2.24) is 4.90 Å². The van der Waals surface area contributed by atoms with Gasteiger partial charge in [0, 0.05) is 19.3 Å². The first kappa shape index (κ1) is 10.0. The lowest BCUT2D eigenvalue weighted by molar-refractivity contribution is -0.130. The van der Waals surface area contributed by atoms with E-state index >= 15 is 0 Å². The maximum absolute atomic E-state index is 12.0. The van der Waals surface area contributed by atoms with Crippen LogP contribution in [0.3, 0.4) is 0 Å². The summed E-state index contributed by atoms with van der Waals surface area (Å²) in [4.78, 5) is 13.8. The highest BCUT2D eigenvalue weighted by molar-refractivity contribution is 5.89. The van der Waals surface area contributed by atoms with Gasteiger partial charge in [-0.3, -0.25) is 4.79 Å². The molecule has 1 heterocycles. The molecule has 2 rings (SSSR count). The Hall–Kier alpha value is -1.51. The second-order valence-corrected chi connectivity index (χ2v) is 4.43. The minimum absolute atomic E-state index is 0.201. The number of hydrogen-bond donors (Lipinski definition) is 1. The van der Waals surface area contributed by atoms with Gasteiger partial charge in [-0.1, -0.05) is 12.1 Å². The van der Waals surface area contributed by atoms with Crippen molar-refractivity contribution in [2.24, 2.45) is 0 Å². The molecule has 80 valence electrons. The second kappa shape index (κ2) is 3.26. The summed E-state index contributed by atoms with van der Waals surface area (Å²) in [6.07, 6.45) is 0.881. The SMILES string of the molecule is CN1CC[C@@](C)(c2ccc(N)cc2)C1=O.